The van der Waals surface area contributed by atoms with Crippen LogP contribution in [0.4, 0.5) is 5.69 Å². The molecule has 0 unspecified atom stereocenters. The van der Waals surface area contributed by atoms with Crippen molar-refractivity contribution >= 4 is 23.6 Å². The number of carboxylic acid groups (broad SMARTS) is 1. The van der Waals surface area contributed by atoms with Crippen molar-refractivity contribution in [1.29, 1.82) is 0 Å². The van der Waals surface area contributed by atoms with Crippen molar-refractivity contribution in [3.05, 3.63) is 77.9 Å². The molecule has 7 nitrogen and oxygen atoms in total. The van der Waals surface area contributed by atoms with E-state index in [-0.39, 0.29) is 22.7 Å². The van der Waals surface area contributed by atoms with Gasteiger partial charge < -0.3 is 25.4 Å². The van der Waals surface area contributed by atoms with Gasteiger partial charge in [-0.25, -0.2) is 4.79 Å². The Morgan fingerprint density at radius 3 is 2.43 bits per heavy atom. The number of para-hydroxylation sites is 1. The molecule has 152 valence electrons. The Kier molecular flexibility index (Phi) is 6.03. The van der Waals surface area contributed by atoms with Crippen LogP contribution >= 0.6 is 0 Å². The van der Waals surface area contributed by atoms with Crippen molar-refractivity contribution in [2.24, 2.45) is 0 Å². The van der Waals surface area contributed by atoms with Gasteiger partial charge in [0.1, 0.15) is 17.2 Å². The summed E-state index contributed by atoms with van der Waals surface area (Å²) in [6.07, 6.45) is 2.81. The first-order chi connectivity index (χ1) is 14.4. The topological polar surface area (TPSA) is 116 Å². The normalized spacial score (nSPS) is 10.7. The van der Waals surface area contributed by atoms with Gasteiger partial charge in [0.25, 0.3) is 0 Å². The summed E-state index contributed by atoms with van der Waals surface area (Å²) in [5, 5.41) is 31.2. The zero-order chi connectivity index (χ0) is 21.7. The number of ether oxygens (including phenoxy) is 1. The number of carbonyl (C=O) groups is 2. The SMILES string of the molecule is COc1cc(/C=C/C(=O)Nc2ccc(O)cc2C(=O)O)ccc1-c1ccccc1O. The molecule has 0 aliphatic carbocycles. The van der Waals surface area contributed by atoms with Crippen LogP contribution in [-0.2, 0) is 4.79 Å². The van der Waals surface area contributed by atoms with Crippen LogP contribution in [0.15, 0.2) is 66.7 Å². The fourth-order valence-electron chi connectivity index (χ4n) is 2.90. The summed E-state index contributed by atoms with van der Waals surface area (Å²) in [6, 6.07) is 15.8. The van der Waals surface area contributed by atoms with Crippen LogP contribution in [0.1, 0.15) is 15.9 Å². The highest BCUT2D eigenvalue weighted by molar-refractivity contribution is 6.06. The number of nitrogens with one attached hydrogen (secondary N) is 1. The first-order valence-electron chi connectivity index (χ1n) is 8.91. The molecule has 0 fully saturated rings. The van der Waals surface area contributed by atoms with Crippen molar-refractivity contribution in [1.82, 2.24) is 0 Å². The molecule has 0 aliphatic heterocycles. The van der Waals surface area contributed by atoms with Crippen LogP contribution in [0.3, 0.4) is 0 Å². The van der Waals surface area contributed by atoms with Gasteiger partial charge >= 0.3 is 5.97 Å². The lowest BCUT2D eigenvalue weighted by Gasteiger charge is -2.11. The standard InChI is InChI=1S/C23H19NO6/c1-30-21-12-14(6-9-17(21)16-4-2-3-5-20(16)26)7-11-22(27)24-19-10-8-15(25)13-18(19)23(28)29/h2-13,25-26H,1H3,(H,24,27)(H,28,29)/b11-7+. The van der Waals surface area contributed by atoms with Gasteiger partial charge in [-0.15, -0.1) is 0 Å². The molecule has 0 radical (unpaired) electrons. The number of phenolic OH excluding ortho intramolecular Hbond substituents is 2. The van der Waals surface area contributed by atoms with E-state index in [1.807, 2.05) is 0 Å². The van der Waals surface area contributed by atoms with Crippen molar-refractivity contribution in [3.63, 3.8) is 0 Å². The number of benzene rings is 3. The molecule has 0 aliphatic rings. The number of hydrogen-bond donors (Lipinski definition) is 4. The minimum atomic E-state index is -1.27. The molecule has 30 heavy (non-hydrogen) atoms. The second kappa shape index (κ2) is 8.83. The third-order valence-electron chi connectivity index (χ3n) is 4.34. The summed E-state index contributed by atoms with van der Waals surface area (Å²) in [7, 11) is 1.51. The Hall–Kier alpha value is -4.26. The lowest BCUT2D eigenvalue weighted by Crippen LogP contribution is -2.11. The molecule has 0 atom stereocenters. The maximum Gasteiger partial charge on any atom is 0.337 e. The molecule has 7 heteroatoms. The molecule has 0 bridgehead atoms. The molecule has 3 aromatic carbocycles. The number of aromatic hydroxyl groups is 2. The van der Waals surface area contributed by atoms with Crippen molar-refractivity contribution in [2.75, 3.05) is 12.4 Å². The first-order valence-corrected chi connectivity index (χ1v) is 8.91. The fraction of sp³-hybridized carbons (Fsp3) is 0.0435. The zero-order valence-corrected chi connectivity index (χ0v) is 16.0. The molecule has 4 N–H and O–H groups in total. The van der Waals surface area contributed by atoms with Crippen LogP contribution in [-0.4, -0.2) is 34.3 Å². The zero-order valence-electron chi connectivity index (χ0n) is 16.0. The third-order valence-corrected chi connectivity index (χ3v) is 4.34. The molecule has 0 aromatic heterocycles. The molecular formula is C23H19NO6. The van der Waals surface area contributed by atoms with Crippen molar-refractivity contribution < 1.29 is 29.6 Å². The van der Waals surface area contributed by atoms with Gasteiger partial charge in [-0.3, -0.25) is 4.79 Å². The van der Waals surface area contributed by atoms with Gasteiger partial charge in [0.2, 0.25) is 5.91 Å². The highest BCUT2D eigenvalue weighted by Gasteiger charge is 2.13. The van der Waals surface area contributed by atoms with Gasteiger partial charge in [0, 0.05) is 17.2 Å². The molecule has 0 saturated carbocycles. The predicted molar refractivity (Wildman–Crippen MR) is 113 cm³/mol. The molecular weight excluding hydrogens is 386 g/mol. The summed E-state index contributed by atoms with van der Waals surface area (Å²) in [5.41, 5.74) is 1.85. The average molecular weight is 405 g/mol. The molecule has 0 spiro atoms. The van der Waals surface area contributed by atoms with Crippen LogP contribution in [0.5, 0.6) is 17.2 Å². The van der Waals surface area contributed by atoms with Crippen LogP contribution < -0.4 is 10.1 Å². The Balaban J connectivity index is 1.81. The highest BCUT2D eigenvalue weighted by Crippen LogP contribution is 2.36. The number of phenols is 2. The summed E-state index contributed by atoms with van der Waals surface area (Å²) in [5.74, 6) is -1.37. The number of amides is 1. The maximum atomic E-state index is 12.2. The lowest BCUT2D eigenvalue weighted by atomic mass is 10.0. The average Bonchev–Trinajstić information content (AvgIpc) is 2.73. The summed E-state index contributed by atoms with van der Waals surface area (Å²) >= 11 is 0. The molecule has 0 saturated heterocycles. The number of carbonyl (C=O) groups excluding carboxylic acids is 1. The summed E-state index contributed by atoms with van der Waals surface area (Å²) in [6.45, 7) is 0. The molecule has 3 aromatic rings. The van der Waals surface area contributed by atoms with Gasteiger partial charge in [0.05, 0.1) is 18.4 Å². The van der Waals surface area contributed by atoms with E-state index >= 15 is 0 Å². The third kappa shape index (κ3) is 4.59. The van der Waals surface area contributed by atoms with Crippen molar-refractivity contribution in [3.8, 4) is 28.4 Å². The Labute approximate surface area is 172 Å². The number of hydrogen-bond acceptors (Lipinski definition) is 5. The highest BCUT2D eigenvalue weighted by atomic mass is 16.5. The van der Waals surface area contributed by atoms with E-state index in [0.717, 1.165) is 6.07 Å². The number of carboxylic acids is 1. The lowest BCUT2D eigenvalue weighted by molar-refractivity contribution is -0.111. The van der Waals surface area contributed by atoms with Crippen molar-refractivity contribution in [2.45, 2.75) is 0 Å². The second-order valence-corrected chi connectivity index (χ2v) is 6.33. The Morgan fingerprint density at radius 1 is 0.967 bits per heavy atom. The van der Waals surface area contributed by atoms with Gasteiger partial charge in [-0.2, -0.15) is 0 Å². The van der Waals surface area contributed by atoms with E-state index in [1.54, 1.807) is 48.5 Å². The number of rotatable bonds is 6. The van der Waals surface area contributed by atoms with Crippen LogP contribution in [0, 0.1) is 0 Å². The Bertz CT molecular complexity index is 1140. The van der Waals surface area contributed by atoms with E-state index in [1.165, 1.54) is 25.3 Å². The Morgan fingerprint density at radius 2 is 1.73 bits per heavy atom. The maximum absolute atomic E-state index is 12.2. The second-order valence-electron chi connectivity index (χ2n) is 6.33. The largest absolute Gasteiger partial charge is 0.508 e. The smallest absolute Gasteiger partial charge is 0.337 e. The van der Waals surface area contributed by atoms with Gasteiger partial charge in [-0.05, 0) is 48.0 Å². The minimum absolute atomic E-state index is 0.0717. The van der Waals surface area contributed by atoms with E-state index in [0.29, 0.717) is 22.4 Å². The predicted octanol–water partition coefficient (Wildman–Crippen LogP) is 4.12. The quantitative estimate of drug-likeness (QED) is 0.362. The van der Waals surface area contributed by atoms with Gasteiger partial charge in [-0.1, -0.05) is 24.3 Å². The summed E-state index contributed by atoms with van der Waals surface area (Å²) in [4.78, 5) is 23.5. The molecule has 1 amide bonds. The number of methoxy groups -OCH3 is 1. The number of anilines is 1. The fourth-order valence-corrected chi connectivity index (χ4v) is 2.90. The molecule has 0 heterocycles. The van der Waals surface area contributed by atoms with E-state index < -0.39 is 11.9 Å². The van der Waals surface area contributed by atoms with E-state index in [9.17, 15) is 24.9 Å². The molecule has 3 rings (SSSR count). The van der Waals surface area contributed by atoms with E-state index in [4.69, 9.17) is 4.74 Å². The monoisotopic (exact) mass is 405 g/mol. The van der Waals surface area contributed by atoms with Crippen LogP contribution in [0.25, 0.3) is 17.2 Å². The minimum Gasteiger partial charge on any atom is -0.508 e. The van der Waals surface area contributed by atoms with E-state index in [2.05, 4.69) is 5.32 Å². The summed E-state index contributed by atoms with van der Waals surface area (Å²) < 4.78 is 5.42. The van der Waals surface area contributed by atoms with Gasteiger partial charge in [0.15, 0.2) is 0 Å². The van der Waals surface area contributed by atoms with Crippen LogP contribution in [0.2, 0.25) is 0 Å². The number of aromatic carboxylic acids is 1. The first kappa shape index (κ1) is 20.5.